The molecule has 0 saturated heterocycles. The van der Waals surface area contributed by atoms with Crippen LogP contribution in [0.4, 0.5) is 0 Å². The van der Waals surface area contributed by atoms with Gasteiger partial charge in [-0.05, 0) is 79.7 Å². The van der Waals surface area contributed by atoms with Gasteiger partial charge in [-0.2, -0.15) is 0 Å². The molecule has 0 radical (unpaired) electrons. The normalized spacial score (nSPS) is 20.0. The minimum absolute atomic E-state index is 0.142. The maximum atomic E-state index is 2.71. The zero-order chi connectivity index (χ0) is 23.6. The van der Waals surface area contributed by atoms with E-state index in [0.717, 1.165) is 22.6 Å². The summed E-state index contributed by atoms with van der Waals surface area (Å²) < 4.78 is 0. The van der Waals surface area contributed by atoms with Gasteiger partial charge in [0.25, 0.3) is 0 Å². The first-order chi connectivity index (χ1) is 16.8. The molecular formula is C32H48P2. The summed E-state index contributed by atoms with van der Waals surface area (Å²) in [6, 6.07) is 23.2. The van der Waals surface area contributed by atoms with Gasteiger partial charge in [0.05, 0.1) is 0 Å². The van der Waals surface area contributed by atoms with E-state index < -0.39 is 0 Å². The van der Waals surface area contributed by atoms with E-state index in [1.807, 2.05) is 0 Å². The van der Waals surface area contributed by atoms with Crippen molar-refractivity contribution >= 4 is 26.5 Å². The van der Waals surface area contributed by atoms with Crippen LogP contribution in [0.5, 0.6) is 0 Å². The van der Waals surface area contributed by atoms with Crippen molar-refractivity contribution in [3.8, 4) is 0 Å². The average Bonchev–Trinajstić information content (AvgIpc) is 2.90. The van der Waals surface area contributed by atoms with E-state index >= 15 is 0 Å². The summed E-state index contributed by atoms with van der Waals surface area (Å²) in [5.74, 6) is 0. The molecule has 2 saturated carbocycles. The Balaban J connectivity index is 1.61. The minimum Gasteiger partial charge on any atom is -0.0974 e. The molecule has 0 heterocycles. The molecule has 2 aliphatic carbocycles. The molecule has 0 amide bonds. The number of benzene rings is 2. The first-order valence-electron chi connectivity index (χ1n) is 14.4. The van der Waals surface area contributed by atoms with E-state index in [-0.39, 0.29) is 15.8 Å². The average molecular weight is 495 g/mol. The van der Waals surface area contributed by atoms with Gasteiger partial charge in [-0.1, -0.05) is 134 Å². The Kier molecular flexibility index (Phi) is 11.0. The molecule has 4 rings (SSSR count). The van der Waals surface area contributed by atoms with E-state index in [1.165, 1.54) is 89.9 Å². The summed E-state index contributed by atoms with van der Waals surface area (Å²) >= 11 is 0. The summed E-state index contributed by atoms with van der Waals surface area (Å²) in [6.45, 7) is 5.09. The molecule has 0 N–H and O–H groups in total. The zero-order valence-corrected chi connectivity index (χ0v) is 23.7. The van der Waals surface area contributed by atoms with Gasteiger partial charge in [0.1, 0.15) is 0 Å². The van der Waals surface area contributed by atoms with Gasteiger partial charge >= 0.3 is 0 Å². The van der Waals surface area contributed by atoms with Crippen LogP contribution in [0.2, 0.25) is 0 Å². The van der Waals surface area contributed by atoms with Crippen molar-refractivity contribution in [2.45, 2.75) is 126 Å². The first-order valence-corrected chi connectivity index (χ1v) is 17.4. The highest BCUT2D eigenvalue weighted by atomic mass is 31.1. The monoisotopic (exact) mass is 494 g/mol. The fraction of sp³-hybridized carbons (Fsp3) is 0.625. The lowest BCUT2D eigenvalue weighted by Gasteiger charge is -2.43. The number of unbranched alkanes of at least 4 members (excludes halogenated alkanes) is 1. The molecule has 2 aromatic rings. The quantitative estimate of drug-likeness (QED) is 0.273. The molecule has 186 valence electrons. The predicted octanol–water partition coefficient (Wildman–Crippen LogP) is 9.60. The van der Waals surface area contributed by atoms with Crippen LogP contribution < -0.4 is 10.6 Å². The maximum Gasteiger partial charge on any atom is -0.0123 e. The molecule has 2 atom stereocenters. The van der Waals surface area contributed by atoms with Crippen LogP contribution in [0.1, 0.15) is 104 Å². The Morgan fingerprint density at radius 3 is 1.62 bits per heavy atom. The fourth-order valence-electron chi connectivity index (χ4n) is 6.83. The largest absolute Gasteiger partial charge is 0.0974 e. The zero-order valence-electron chi connectivity index (χ0n) is 21.9. The standard InChI is InChI=1S/C32H48P2/c1-3-4-17-32(34(30-22-13-7-14-23-30)31-24-15-8-16-25-31)26-27(2)33(28-18-9-5-10-19-28)29-20-11-6-12-21-29/h7-8,13-16,22-25,27-29,32H,3-6,9-12,17-21,26H2,1-2H3. The molecule has 2 fully saturated rings. The van der Waals surface area contributed by atoms with Crippen LogP contribution in [0.3, 0.4) is 0 Å². The third kappa shape index (κ3) is 7.17. The summed E-state index contributed by atoms with van der Waals surface area (Å²) in [4.78, 5) is 0. The van der Waals surface area contributed by atoms with E-state index in [4.69, 9.17) is 0 Å². The van der Waals surface area contributed by atoms with Crippen LogP contribution >= 0.6 is 15.8 Å². The third-order valence-corrected chi connectivity index (χ3v) is 15.3. The van der Waals surface area contributed by atoms with Crippen molar-refractivity contribution < 1.29 is 0 Å². The molecule has 0 nitrogen and oxygen atoms in total. The van der Waals surface area contributed by atoms with Crippen molar-refractivity contribution in [2.75, 3.05) is 0 Å². The maximum absolute atomic E-state index is 2.71. The second kappa shape index (κ2) is 14.1. The Morgan fingerprint density at radius 1 is 0.706 bits per heavy atom. The van der Waals surface area contributed by atoms with E-state index in [1.54, 1.807) is 10.6 Å². The molecule has 2 heteroatoms. The highest BCUT2D eigenvalue weighted by Gasteiger charge is 2.36. The lowest BCUT2D eigenvalue weighted by Crippen LogP contribution is -2.29. The summed E-state index contributed by atoms with van der Waals surface area (Å²) in [6.07, 6.45) is 20.7. The van der Waals surface area contributed by atoms with Crippen molar-refractivity contribution in [3.63, 3.8) is 0 Å². The second-order valence-corrected chi connectivity index (χ2v) is 16.7. The lowest BCUT2D eigenvalue weighted by atomic mass is 9.99. The van der Waals surface area contributed by atoms with Crippen LogP contribution in [0, 0.1) is 0 Å². The van der Waals surface area contributed by atoms with E-state index in [9.17, 15) is 0 Å². The fourth-order valence-corrected chi connectivity index (χ4v) is 14.6. The molecule has 34 heavy (non-hydrogen) atoms. The first kappa shape index (κ1) is 26.4. The molecule has 0 bridgehead atoms. The topological polar surface area (TPSA) is 0 Å². The van der Waals surface area contributed by atoms with Gasteiger partial charge in [0.15, 0.2) is 0 Å². The number of hydrogen-bond acceptors (Lipinski definition) is 0. The van der Waals surface area contributed by atoms with Gasteiger partial charge in [-0.3, -0.25) is 0 Å². The van der Waals surface area contributed by atoms with Crippen molar-refractivity contribution in [2.24, 2.45) is 0 Å². The Labute approximate surface area is 213 Å². The van der Waals surface area contributed by atoms with Gasteiger partial charge in [0, 0.05) is 0 Å². The van der Waals surface area contributed by atoms with Gasteiger partial charge in [-0.15, -0.1) is 0 Å². The highest BCUT2D eigenvalue weighted by molar-refractivity contribution is 7.73. The summed E-state index contributed by atoms with van der Waals surface area (Å²) in [5, 5.41) is 3.19. The molecule has 0 aromatic heterocycles. The summed E-state index contributed by atoms with van der Waals surface area (Å²) in [7, 11) is -0.166. The van der Waals surface area contributed by atoms with Gasteiger partial charge < -0.3 is 0 Å². The second-order valence-electron chi connectivity index (χ2n) is 11.0. The van der Waals surface area contributed by atoms with Crippen molar-refractivity contribution in [1.29, 1.82) is 0 Å². The van der Waals surface area contributed by atoms with E-state index in [0.29, 0.717) is 0 Å². The Morgan fingerprint density at radius 2 is 1.18 bits per heavy atom. The van der Waals surface area contributed by atoms with Crippen LogP contribution in [0.15, 0.2) is 60.7 Å². The molecule has 2 aromatic carbocycles. The van der Waals surface area contributed by atoms with Crippen LogP contribution in [0.25, 0.3) is 0 Å². The van der Waals surface area contributed by atoms with Crippen molar-refractivity contribution in [1.82, 2.24) is 0 Å². The molecule has 0 spiro atoms. The molecule has 0 aliphatic heterocycles. The Hall–Kier alpha value is -0.700. The predicted molar refractivity (Wildman–Crippen MR) is 157 cm³/mol. The molecule has 2 unspecified atom stereocenters. The molecular weight excluding hydrogens is 446 g/mol. The Bertz CT molecular complexity index is 735. The smallest absolute Gasteiger partial charge is 0.0123 e. The lowest BCUT2D eigenvalue weighted by molar-refractivity contribution is 0.479. The summed E-state index contributed by atoms with van der Waals surface area (Å²) in [5.41, 5.74) is 3.86. The third-order valence-electron chi connectivity index (χ3n) is 8.44. The van der Waals surface area contributed by atoms with Crippen molar-refractivity contribution in [3.05, 3.63) is 60.7 Å². The SMILES string of the molecule is CCCCC(CC(C)P(C1CCCCC1)C1CCCCC1)P(c1ccccc1)c1ccccc1. The number of hydrogen-bond donors (Lipinski definition) is 0. The van der Waals surface area contributed by atoms with Gasteiger partial charge in [0.2, 0.25) is 0 Å². The highest BCUT2D eigenvalue weighted by Crippen LogP contribution is 2.61. The van der Waals surface area contributed by atoms with Crippen LogP contribution in [-0.2, 0) is 0 Å². The van der Waals surface area contributed by atoms with Gasteiger partial charge in [-0.25, -0.2) is 0 Å². The minimum atomic E-state index is -0.308. The molecule has 2 aliphatic rings. The number of rotatable bonds is 11. The van der Waals surface area contributed by atoms with E-state index in [2.05, 4.69) is 74.5 Å². The van der Waals surface area contributed by atoms with Crippen LogP contribution in [-0.4, -0.2) is 22.6 Å².